The molecule has 3 nitrogen and oxygen atoms in total. The Morgan fingerprint density at radius 3 is 2.58 bits per heavy atom. The average molecular weight is 320 g/mol. The van der Waals surface area contributed by atoms with Gasteiger partial charge >= 0.3 is 0 Å². The predicted octanol–water partition coefficient (Wildman–Crippen LogP) is 3.86. The number of nitrogens with zero attached hydrogens (tertiary/aromatic N) is 1. The van der Waals surface area contributed by atoms with Gasteiger partial charge in [0.05, 0.1) is 0 Å². The van der Waals surface area contributed by atoms with Crippen molar-refractivity contribution in [1.29, 1.82) is 0 Å². The number of hydrogen-bond acceptors (Lipinski definition) is 1. The van der Waals surface area contributed by atoms with Gasteiger partial charge in [0.25, 0.3) is 0 Å². The smallest absolute Gasteiger partial charge is 0.220 e. The topological polar surface area (TPSA) is 34.0 Å². The molecule has 124 valence electrons. The Balaban J connectivity index is 1.44. The highest BCUT2D eigenvalue weighted by molar-refractivity contribution is 5.84. The molecule has 0 aliphatic carbocycles. The summed E-state index contributed by atoms with van der Waals surface area (Å²) in [6.45, 7) is 0.739. The molecule has 0 unspecified atom stereocenters. The first kappa shape index (κ1) is 16.3. The summed E-state index contributed by atoms with van der Waals surface area (Å²) in [5.74, 6) is 0.135. The van der Waals surface area contributed by atoms with Crippen LogP contribution in [0, 0.1) is 0 Å². The van der Waals surface area contributed by atoms with Crippen molar-refractivity contribution < 1.29 is 4.79 Å². The molecule has 24 heavy (non-hydrogen) atoms. The number of para-hydroxylation sites is 1. The van der Waals surface area contributed by atoms with Crippen LogP contribution in [-0.4, -0.2) is 17.0 Å². The second-order valence-corrected chi connectivity index (χ2v) is 6.22. The minimum absolute atomic E-state index is 0.135. The molecule has 0 spiro atoms. The zero-order valence-electron chi connectivity index (χ0n) is 14.2. The first-order chi connectivity index (χ1) is 11.7. The largest absolute Gasteiger partial charge is 0.356 e. The summed E-state index contributed by atoms with van der Waals surface area (Å²) in [5.41, 5.74) is 3.78. The van der Waals surface area contributed by atoms with Gasteiger partial charge < -0.3 is 9.88 Å². The standard InChI is InChI=1S/C21H24N2O/c1-23-16-18(19-11-5-6-12-20(19)23)13-14-21(24)22-15-7-10-17-8-3-2-4-9-17/h2-6,8-9,11-12,16H,7,10,13-15H2,1H3,(H,22,24). The third-order valence-corrected chi connectivity index (χ3v) is 4.41. The van der Waals surface area contributed by atoms with E-state index in [4.69, 9.17) is 0 Å². The van der Waals surface area contributed by atoms with Crippen molar-refractivity contribution in [2.75, 3.05) is 6.54 Å². The molecule has 0 atom stereocenters. The number of benzene rings is 2. The minimum Gasteiger partial charge on any atom is -0.356 e. The molecule has 0 saturated carbocycles. The first-order valence-corrected chi connectivity index (χ1v) is 8.57. The van der Waals surface area contributed by atoms with Crippen LogP contribution in [-0.2, 0) is 24.7 Å². The van der Waals surface area contributed by atoms with Crippen molar-refractivity contribution in [2.45, 2.75) is 25.7 Å². The van der Waals surface area contributed by atoms with E-state index in [0.29, 0.717) is 6.42 Å². The third-order valence-electron chi connectivity index (χ3n) is 4.41. The maximum atomic E-state index is 12.1. The summed E-state index contributed by atoms with van der Waals surface area (Å²) in [6, 6.07) is 18.7. The van der Waals surface area contributed by atoms with E-state index >= 15 is 0 Å². The summed E-state index contributed by atoms with van der Waals surface area (Å²) in [7, 11) is 2.05. The number of carbonyl (C=O) groups is 1. The van der Waals surface area contributed by atoms with Gasteiger partial charge in [-0.05, 0) is 36.5 Å². The lowest BCUT2D eigenvalue weighted by molar-refractivity contribution is -0.121. The summed E-state index contributed by atoms with van der Waals surface area (Å²) in [5, 5.41) is 4.28. The molecule has 1 amide bonds. The monoisotopic (exact) mass is 320 g/mol. The Morgan fingerprint density at radius 2 is 1.75 bits per heavy atom. The van der Waals surface area contributed by atoms with Crippen LogP contribution in [0.15, 0.2) is 60.8 Å². The number of aryl methyl sites for hydroxylation is 3. The fourth-order valence-corrected chi connectivity index (χ4v) is 3.13. The molecule has 0 saturated heterocycles. The van der Waals surface area contributed by atoms with Crippen LogP contribution in [0.5, 0.6) is 0 Å². The van der Waals surface area contributed by atoms with E-state index in [1.165, 1.54) is 22.0 Å². The van der Waals surface area contributed by atoms with E-state index in [1.54, 1.807) is 0 Å². The lowest BCUT2D eigenvalue weighted by atomic mass is 10.1. The molecule has 3 heteroatoms. The molecule has 0 bridgehead atoms. The Bertz CT molecular complexity index is 805. The fraction of sp³-hybridized carbons (Fsp3) is 0.286. The van der Waals surface area contributed by atoms with Crippen molar-refractivity contribution in [3.63, 3.8) is 0 Å². The van der Waals surface area contributed by atoms with Crippen LogP contribution in [0.2, 0.25) is 0 Å². The summed E-state index contributed by atoms with van der Waals surface area (Å²) in [6.07, 6.45) is 5.44. The van der Waals surface area contributed by atoms with E-state index in [2.05, 4.69) is 65.6 Å². The molecule has 1 aromatic heterocycles. The highest BCUT2D eigenvalue weighted by Crippen LogP contribution is 2.21. The maximum absolute atomic E-state index is 12.1. The molecule has 3 rings (SSSR count). The number of hydrogen-bond donors (Lipinski definition) is 1. The van der Waals surface area contributed by atoms with Crippen LogP contribution < -0.4 is 5.32 Å². The second-order valence-electron chi connectivity index (χ2n) is 6.22. The van der Waals surface area contributed by atoms with Crippen molar-refractivity contribution in [2.24, 2.45) is 7.05 Å². The lowest BCUT2D eigenvalue weighted by Crippen LogP contribution is -2.24. The number of rotatable bonds is 7. The summed E-state index contributed by atoms with van der Waals surface area (Å²) < 4.78 is 2.13. The van der Waals surface area contributed by atoms with Crippen molar-refractivity contribution >= 4 is 16.8 Å². The Labute approximate surface area is 143 Å². The number of fused-ring (bicyclic) bond motifs is 1. The van der Waals surface area contributed by atoms with Gasteiger partial charge in [-0.25, -0.2) is 0 Å². The van der Waals surface area contributed by atoms with Crippen molar-refractivity contribution in [3.8, 4) is 0 Å². The van der Waals surface area contributed by atoms with Gasteiger partial charge in [0.15, 0.2) is 0 Å². The highest BCUT2D eigenvalue weighted by Gasteiger charge is 2.08. The first-order valence-electron chi connectivity index (χ1n) is 8.57. The lowest BCUT2D eigenvalue weighted by Gasteiger charge is -2.05. The van der Waals surface area contributed by atoms with E-state index in [0.717, 1.165) is 25.8 Å². The quantitative estimate of drug-likeness (QED) is 0.659. The van der Waals surface area contributed by atoms with E-state index in [-0.39, 0.29) is 5.91 Å². The normalized spacial score (nSPS) is 10.9. The SMILES string of the molecule is Cn1cc(CCC(=O)NCCCc2ccccc2)c2ccccc21. The van der Waals surface area contributed by atoms with E-state index < -0.39 is 0 Å². The zero-order valence-corrected chi connectivity index (χ0v) is 14.2. The predicted molar refractivity (Wildman–Crippen MR) is 99.0 cm³/mol. The van der Waals surface area contributed by atoms with Gasteiger partial charge in [-0.2, -0.15) is 0 Å². The van der Waals surface area contributed by atoms with Gasteiger partial charge in [-0.15, -0.1) is 0 Å². The molecule has 2 aromatic carbocycles. The number of aromatic nitrogens is 1. The molecular weight excluding hydrogens is 296 g/mol. The zero-order chi connectivity index (χ0) is 16.8. The molecule has 0 aliphatic heterocycles. The molecule has 1 heterocycles. The van der Waals surface area contributed by atoms with Crippen molar-refractivity contribution in [3.05, 3.63) is 71.9 Å². The third kappa shape index (κ3) is 4.05. The summed E-state index contributed by atoms with van der Waals surface area (Å²) in [4.78, 5) is 12.1. The van der Waals surface area contributed by atoms with Crippen molar-refractivity contribution in [1.82, 2.24) is 9.88 Å². The molecule has 3 aromatic rings. The van der Waals surface area contributed by atoms with Gasteiger partial charge in [0.2, 0.25) is 5.91 Å². The van der Waals surface area contributed by atoms with Gasteiger partial charge in [0.1, 0.15) is 0 Å². The van der Waals surface area contributed by atoms with E-state index in [9.17, 15) is 4.79 Å². The van der Waals surface area contributed by atoms with Crippen LogP contribution in [0.3, 0.4) is 0 Å². The number of nitrogens with one attached hydrogen (secondary N) is 1. The van der Waals surface area contributed by atoms with Crippen LogP contribution >= 0.6 is 0 Å². The van der Waals surface area contributed by atoms with Crippen LogP contribution in [0.4, 0.5) is 0 Å². The van der Waals surface area contributed by atoms with Gasteiger partial charge in [0, 0.05) is 37.1 Å². The average Bonchev–Trinajstić information content (AvgIpc) is 2.94. The number of amides is 1. The highest BCUT2D eigenvalue weighted by atomic mass is 16.1. The molecular formula is C21H24N2O. The number of carbonyl (C=O) groups excluding carboxylic acids is 1. The fourth-order valence-electron chi connectivity index (χ4n) is 3.13. The van der Waals surface area contributed by atoms with Crippen LogP contribution in [0.25, 0.3) is 10.9 Å². The van der Waals surface area contributed by atoms with E-state index in [1.807, 2.05) is 12.1 Å². The van der Waals surface area contributed by atoms with Gasteiger partial charge in [-0.3, -0.25) is 4.79 Å². The summed E-state index contributed by atoms with van der Waals surface area (Å²) >= 11 is 0. The Kier molecular flexibility index (Phi) is 5.32. The second kappa shape index (κ2) is 7.82. The van der Waals surface area contributed by atoms with Crippen LogP contribution in [0.1, 0.15) is 24.0 Å². The molecule has 0 fully saturated rings. The minimum atomic E-state index is 0.135. The molecule has 0 aliphatic rings. The van der Waals surface area contributed by atoms with Gasteiger partial charge in [-0.1, -0.05) is 48.5 Å². The molecule has 0 radical (unpaired) electrons. The maximum Gasteiger partial charge on any atom is 0.220 e. The Hall–Kier alpha value is -2.55. The molecule has 1 N–H and O–H groups in total. The Morgan fingerprint density at radius 1 is 1.00 bits per heavy atom.